The zero-order valence-corrected chi connectivity index (χ0v) is 12.1. The van der Waals surface area contributed by atoms with Gasteiger partial charge in [0.15, 0.2) is 0 Å². The quantitative estimate of drug-likeness (QED) is 0.858. The summed E-state index contributed by atoms with van der Waals surface area (Å²) < 4.78 is 2.15. The van der Waals surface area contributed by atoms with Gasteiger partial charge in [-0.25, -0.2) is 4.98 Å². The maximum atomic E-state index is 9.21. The minimum Gasteiger partial charge on any atom is -0.369 e. The van der Waals surface area contributed by atoms with Gasteiger partial charge >= 0.3 is 0 Å². The van der Waals surface area contributed by atoms with Gasteiger partial charge in [-0.2, -0.15) is 5.26 Å². The number of hydrogen-bond donors (Lipinski definition) is 1. The van der Waals surface area contributed by atoms with Gasteiger partial charge < -0.3 is 10.3 Å². The minimum absolute atomic E-state index is 0.211. The fourth-order valence-corrected chi connectivity index (χ4v) is 3.51. The Morgan fingerprint density at radius 1 is 1.40 bits per heavy atom. The molecule has 0 amide bonds. The molecule has 0 saturated heterocycles. The molecule has 1 aromatic carbocycles. The molecule has 3 rings (SSSR count). The average molecular weight is 268 g/mol. The van der Waals surface area contributed by atoms with Gasteiger partial charge in [0, 0.05) is 6.04 Å². The standard InChI is InChI=1S/C16H20N4/c1-16(2)9-4-3-8-13(16)20-12-7-5-6-11(10-17)14(12)19-15(20)18/h5-7,13H,3-4,8-9H2,1-2H3,(H2,18,19). The van der Waals surface area contributed by atoms with Gasteiger partial charge in [-0.1, -0.05) is 32.8 Å². The number of nitrogens with two attached hydrogens (primary N) is 1. The number of para-hydroxylation sites is 1. The normalized spacial score (nSPS) is 21.8. The highest BCUT2D eigenvalue weighted by molar-refractivity contribution is 5.84. The van der Waals surface area contributed by atoms with Crippen LogP contribution in [0.25, 0.3) is 11.0 Å². The smallest absolute Gasteiger partial charge is 0.201 e. The van der Waals surface area contributed by atoms with Crippen LogP contribution < -0.4 is 5.73 Å². The van der Waals surface area contributed by atoms with E-state index in [4.69, 9.17) is 5.73 Å². The maximum absolute atomic E-state index is 9.21. The molecule has 2 aromatic rings. The van der Waals surface area contributed by atoms with Gasteiger partial charge in [0.1, 0.15) is 11.6 Å². The number of aromatic nitrogens is 2. The van der Waals surface area contributed by atoms with Gasteiger partial charge in [0.2, 0.25) is 5.95 Å². The molecular formula is C16H20N4. The summed E-state index contributed by atoms with van der Waals surface area (Å²) in [7, 11) is 0. The fraction of sp³-hybridized carbons (Fsp3) is 0.500. The SMILES string of the molecule is CC1(C)CCCCC1n1c(N)nc2c(C#N)cccc21. The molecule has 0 radical (unpaired) electrons. The molecule has 1 atom stereocenters. The van der Waals surface area contributed by atoms with Crippen LogP contribution in [0.3, 0.4) is 0 Å². The third-order valence-corrected chi connectivity index (χ3v) is 4.63. The Hall–Kier alpha value is -2.02. The van der Waals surface area contributed by atoms with Crippen molar-refractivity contribution in [3.05, 3.63) is 23.8 Å². The number of fused-ring (bicyclic) bond motifs is 1. The average Bonchev–Trinajstić information content (AvgIpc) is 2.74. The van der Waals surface area contributed by atoms with Crippen molar-refractivity contribution >= 4 is 17.0 Å². The Bertz CT molecular complexity index is 690. The van der Waals surface area contributed by atoms with E-state index in [1.54, 1.807) is 6.07 Å². The van der Waals surface area contributed by atoms with Crippen molar-refractivity contribution in [1.82, 2.24) is 9.55 Å². The lowest BCUT2D eigenvalue weighted by Crippen LogP contribution is -2.31. The van der Waals surface area contributed by atoms with E-state index in [0.717, 1.165) is 17.5 Å². The number of hydrogen-bond acceptors (Lipinski definition) is 3. The Kier molecular flexibility index (Phi) is 2.93. The molecule has 4 nitrogen and oxygen atoms in total. The molecule has 1 heterocycles. The second-order valence-corrected chi connectivity index (χ2v) is 6.38. The third kappa shape index (κ3) is 1.85. The number of nitriles is 1. The lowest BCUT2D eigenvalue weighted by atomic mass is 9.73. The summed E-state index contributed by atoms with van der Waals surface area (Å²) in [5, 5.41) is 9.21. The van der Waals surface area contributed by atoms with Crippen molar-refractivity contribution < 1.29 is 0 Å². The number of nitrogen functional groups attached to an aromatic ring is 1. The number of imidazole rings is 1. The summed E-state index contributed by atoms with van der Waals surface area (Å²) in [4.78, 5) is 4.44. The molecule has 1 unspecified atom stereocenters. The van der Waals surface area contributed by atoms with E-state index < -0.39 is 0 Å². The van der Waals surface area contributed by atoms with Crippen LogP contribution in [0, 0.1) is 16.7 Å². The van der Waals surface area contributed by atoms with Gasteiger partial charge in [0.25, 0.3) is 0 Å². The molecular weight excluding hydrogens is 248 g/mol. The van der Waals surface area contributed by atoms with Crippen LogP contribution in [-0.2, 0) is 0 Å². The largest absolute Gasteiger partial charge is 0.369 e. The second-order valence-electron chi connectivity index (χ2n) is 6.38. The highest BCUT2D eigenvalue weighted by Crippen LogP contribution is 2.46. The molecule has 4 heteroatoms. The number of rotatable bonds is 1. The van der Waals surface area contributed by atoms with E-state index >= 15 is 0 Å². The van der Waals surface area contributed by atoms with Crippen molar-refractivity contribution in [3.63, 3.8) is 0 Å². The van der Waals surface area contributed by atoms with Gasteiger partial charge in [-0.15, -0.1) is 0 Å². The van der Waals surface area contributed by atoms with Crippen LogP contribution >= 0.6 is 0 Å². The Balaban J connectivity index is 2.21. The first-order valence-electron chi connectivity index (χ1n) is 7.21. The van der Waals surface area contributed by atoms with Crippen LogP contribution in [-0.4, -0.2) is 9.55 Å². The van der Waals surface area contributed by atoms with Crippen molar-refractivity contribution in [2.24, 2.45) is 5.41 Å². The minimum atomic E-state index is 0.211. The zero-order valence-electron chi connectivity index (χ0n) is 12.1. The molecule has 104 valence electrons. The van der Waals surface area contributed by atoms with Crippen molar-refractivity contribution in [1.29, 1.82) is 5.26 Å². The predicted molar refractivity (Wildman–Crippen MR) is 80.1 cm³/mol. The summed E-state index contributed by atoms with van der Waals surface area (Å²) >= 11 is 0. The summed E-state index contributed by atoms with van der Waals surface area (Å²) in [5.41, 5.74) is 8.70. The highest BCUT2D eigenvalue weighted by atomic mass is 15.2. The summed E-state index contributed by atoms with van der Waals surface area (Å²) in [6.45, 7) is 4.60. The summed E-state index contributed by atoms with van der Waals surface area (Å²) in [5.74, 6) is 0.530. The molecule has 1 fully saturated rings. The third-order valence-electron chi connectivity index (χ3n) is 4.63. The van der Waals surface area contributed by atoms with E-state index in [-0.39, 0.29) is 5.41 Å². The highest BCUT2D eigenvalue weighted by Gasteiger charge is 2.35. The molecule has 0 aliphatic heterocycles. The van der Waals surface area contributed by atoms with Crippen molar-refractivity contribution in [2.75, 3.05) is 5.73 Å². The number of nitrogens with zero attached hydrogens (tertiary/aromatic N) is 3. The number of anilines is 1. The summed E-state index contributed by atoms with van der Waals surface area (Å²) in [6, 6.07) is 8.29. The zero-order chi connectivity index (χ0) is 14.3. The second kappa shape index (κ2) is 4.52. The van der Waals surface area contributed by atoms with E-state index in [0.29, 0.717) is 17.6 Å². The van der Waals surface area contributed by atoms with Crippen LogP contribution in [0.4, 0.5) is 5.95 Å². The predicted octanol–water partition coefficient (Wildman–Crippen LogP) is 3.63. The molecule has 0 spiro atoms. The first-order chi connectivity index (χ1) is 9.54. The molecule has 0 bridgehead atoms. The Morgan fingerprint density at radius 2 is 2.20 bits per heavy atom. The van der Waals surface area contributed by atoms with Gasteiger partial charge in [-0.3, -0.25) is 0 Å². The molecule has 1 aromatic heterocycles. The van der Waals surface area contributed by atoms with Gasteiger partial charge in [0.05, 0.1) is 11.1 Å². The maximum Gasteiger partial charge on any atom is 0.201 e. The topological polar surface area (TPSA) is 67.6 Å². The van der Waals surface area contributed by atoms with Crippen molar-refractivity contribution in [3.8, 4) is 6.07 Å². The summed E-state index contributed by atoms with van der Waals surface area (Å²) in [6.07, 6.45) is 4.83. The van der Waals surface area contributed by atoms with Crippen LogP contribution in [0.5, 0.6) is 0 Å². The molecule has 20 heavy (non-hydrogen) atoms. The first-order valence-corrected chi connectivity index (χ1v) is 7.21. The lowest BCUT2D eigenvalue weighted by Gasteiger charge is -2.40. The molecule has 1 saturated carbocycles. The molecule has 1 aliphatic rings. The van der Waals surface area contributed by atoms with Crippen LogP contribution in [0.2, 0.25) is 0 Å². The Morgan fingerprint density at radius 3 is 2.90 bits per heavy atom. The van der Waals surface area contributed by atoms with E-state index in [9.17, 15) is 5.26 Å². The molecule has 1 aliphatic carbocycles. The van der Waals surface area contributed by atoms with E-state index in [2.05, 4.69) is 29.5 Å². The van der Waals surface area contributed by atoms with Gasteiger partial charge in [-0.05, 0) is 30.4 Å². The van der Waals surface area contributed by atoms with Crippen molar-refractivity contribution in [2.45, 2.75) is 45.6 Å². The molecule has 2 N–H and O–H groups in total. The first kappa shape index (κ1) is 13.0. The fourth-order valence-electron chi connectivity index (χ4n) is 3.51. The lowest BCUT2D eigenvalue weighted by molar-refractivity contribution is 0.149. The van der Waals surface area contributed by atoms with E-state index in [1.165, 1.54) is 19.3 Å². The Labute approximate surface area is 119 Å². The monoisotopic (exact) mass is 268 g/mol. The number of benzene rings is 1. The van der Waals surface area contributed by atoms with E-state index in [1.807, 2.05) is 12.1 Å². The van der Waals surface area contributed by atoms with Crippen LogP contribution in [0.15, 0.2) is 18.2 Å². The van der Waals surface area contributed by atoms with Crippen LogP contribution in [0.1, 0.15) is 51.1 Å².